The molecule has 0 aromatic heterocycles. The normalized spacial score (nSPS) is 21.2. The Balaban J connectivity index is 0.00000341. The van der Waals surface area contributed by atoms with E-state index in [0.29, 0.717) is 0 Å². The van der Waals surface area contributed by atoms with Gasteiger partial charge in [-0.05, 0) is 31.5 Å². The van der Waals surface area contributed by atoms with E-state index in [4.69, 9.17) is 21.1 Å². The third kappa shape index (κ3) is 8.66. The molecule has 0 bridgehead atoms. The topological polar surface area (TPSA) is 61.4 Å². The monoisotopic (exact) mass is 565 g/mol. The maximum absolute atomic E-state index is 6.13. The number of nitrogens with zero attached hydrogens (tertiary/aromatic N) is 3. The van der Waals surface area contributed by atoms with Gasteiger partial charge < -0.3 is 20.1 Å². The van der Waals surface area contributed by atoms with Gasteiger partial charge in [0, 0.05) is 57.9 Å². The zero-order chi connectivity index (χ0) is 21.4. The second-order valence-corrected chi connectivity index (χ2v) is 8.92. The Morgan fingerprint density at radius 2 is 1.84 bits per heavy atom. The molecule has 176 valence electrons. The summed E-state index contributed by atoms with van der Waals surface area (Å²) in [5, 5.41) is 7.73. The van der Waals surface area contributed by atoms with Crippen molar-refractivity contribution in [3.8, 4) is 0 Å². The van der Waals surface area contributed by atoms with E-state index in [1.54, 1.807) is 0 Å². The average molecular weight is 566 g/mol. The lowest BCUT2D eigenvalue weighted by molar-refractivity contribution is -0.0971. The zero-order valence-corrected chi connectivity index (χ0v) is 22.0. The minimum absolute atomic E-state index is 0. The zero-order valence-electron chi connectivity index (χ0n) is 18.9. The van der Waals surface area contributed by atoms with Crippen LogP contribution in [0.15, 0.2) is 29.3 Å². The molecule has 2 heterocycles. The van der Waals surface area contributed by atoms with Crippen molar-refractivity contribution >= 4 is 41.5 Å². The van der Waals surface area contributed by atoms with Gasteiger partial charge in [-0.1, -0.05) is 23.7 Å². The predicted octanol–water partition coefficient (Wildman–Crippen LogP) is 2.61. The van der Waals surface area contributed by atoms with Gasteiger partial charge in [-0.3, -0.25) is 14.8 Å². The van der Waals surface area contributed by atoms with Crippen LogP contribution in [0.1, 0.15) is 25.5 Å². The van der Waals surface area contributed by atoms with Gasteiger partial charge in [-0.25, -0.2) is 0 Å². The Morgan fingerprint density at radius 1 is 1.13 bits per heavy atom. The van der Waals surface area contributed by atoms with Crippen molar-refractivity contribution in [3.05, 3.63) is 34.9 Å². The molecule has 1 aromatic carbocycles. The molecule has 1 unspecified atom stereocenters. The summed E-state index contributed by atoms with van der Waals surface area (Å²) in [6.07, 6.45) is 0. The number of benzene rings is 1. The van der Waals surface area contributed by atoms with Crippen LogP contribution in [0.5, 0.6) is 0 Å². The number of hydrogen-bond acceptors (Lipinski definition) is 5. The quantitative estimate of drug-likeness (QED) is 0.301. The molecule has 2 saturated heterocycles. The van der Waals surface area contributed by atoms with Crippen LogP contribution in [0.2, 0.25) is 5.02 Å². The summed E-state index contributed by atoms with van der Waals surface area (Å²) in [5.41, 5.74) is 1.09. The first-order chi connectivity index (χ1) is 14.5. The molecule has 7 nitrogen and oxygen atoms in total. The van der Waals surface area contributed by atoms with Gasteiger partial charge in [0.1, 0.15) is 0 Å². The van der Waals surface area contributed by atoms with Crippen LogP contribution in [0, 0.1) is 0 Å². The molecule has 9 heteroatoms. The van der Waals surface area contributed by atoms with Gasteiger partial charge in [0.05, 0.1) is 31.5 Å². The van der Waals surface area contributed by atoms with E-state index in [1.807, 2.05) is 19.2 Å². The number of guanidine groups is 1. The first-order valence-corrected chi connectivity index (χ1v) is 11.2. The highest BCUT2D eigenvalue weighted by molar-refractivity contribution is 14.0. The summed E-state index contributed by atoms with van der Waals surface area (Å²) < 4.78 is 11.3. The van der Waals surface area contributed by atoms with Crippen molar-refractivity contribution in [3.63, 3.8) is 0 Å². The fourth-order valence-corrected chi connectivity index (χ4v) is 4.16. The van der Waals surface area contributed by atoms with E-state index in [9.17, 15) is 0 Å². The Hall–Kier alpha value is -0.650. The summed E-state index contributed by atoms with van der Waals surface area (Å²) in [7, 11) is 1.82. The molecule has 2 N–H and O–H groups in total. The lowest BCUT2D eigenvalue weighted by Gasteiger charge is -2.42. The smallest absolute Gasteiger partial charge is 0.191 e. The van der Waals surface area contributed by atoms with Crippen molar-refractivity contribution in [2.24, 2.45) is 4.99 Å². The number of hydrogen-bond donors (Lipinski definition) is 2. The summed E-state index contributed by atoms with van der Waals surface area (Å²) in [4.78, 5) is 9.31. The Morgan fingerprint density at radius 3 is 2.48 bits per heavy atom. The van der Waals surface area contributed by atoms with Crippen molar-refractivity contribution in [2.75, 3.05) is 72.7 Å². The van der Waals surface area contributed by atoms with Crippen molar-refractivity contribution in [1.82, 2.24) is 20.4 Å². The molecule has 0 amide bonds. The van der Waals surface area contributed by atoms with Gasteiger partial charge >= 0.3 is 0 Å². The van der Waals surface area contributed by atoms with Crippen LogP contribution in [0.4, 0.5) is 0 Å². The molecule has 0 spiro atoms. The van der Waals surface area contributed by atoms with Crippen LogP contribution in [-0.4, -0.2) is 94.0 Å². The van der Waals surface area contributed by atoms with Gasteiger partial charge in [-0.15, -0.1) is 24.0 Å². The van der Waals surface area contributed by atoms with E-state index in [-0.39, 0.29) is 35.6 Å². The summed E-state index contributed by atoms with van der Waals surface area (Å²) >= 11 is 6.13. The molecule has 2 aliphatic heterocycles. The fourth-order valence-electron chi connectivity index (χ4n) is 4.03. The largest absolute Gasteiger partial charge is 0.379 e. The van der Waals surface area contributed by atoms with E-state index in [2.05, 4.69) is 51.4 Å². The lowest BCUT2D eigenvalue weighted by Crippen LogP contribution is -2.52. The van der Waals surface area contributed by atoms with Crippen molar-refractivity contribution in [2.45, 2.75) is 25.5 Å². The average Bonchev–Trinajstić information content (AvgIpc) is 2.74. The molecule has 0 aliphatic carbocycles. The SMILES string of the molecule is CN=C(NCCN1CCOCC1)NCC(c1ccc(Cl)cc1)N1CCOC(C)(C)C1.I. The highest BCUT2D eigenvalue weighted by Crippen LogP contribution is 2.27. The number of ether oxygens (including phenoxy) is 2. The van der Waals surface area contributed by atoms with Crippen LogP contribution in [0.3, 0.4) is 0 Å². The number of aliphatic imine (C=N–C) groups is 1. The molecule has 0 saturated carbocycles. The highest BCUT2D eigenvalue weighted by Gasteiger charge is 2.32. The number of nitrogens with one attached hydrogen (secondary N) is 2. The maximum atomic E-state index is 6.13. The van der Waals surface area contributed by atoms with E-state index < -0.39 is 0 Å². The molecule has 1 atom stereocenters. The highest BCUT2D eigenvalue weighted by atomic mass is 127. The summed E-state index contributed by atoms with van der Waals surface area (Å²) in [6.45, 7) is 13.1. The lowest BCUT2D eigenvalue weighted by atomic mass is 10.0. The van der Waals surface area contributed by atoms with Crippen LogP contribution in [-0.2, 0) is 9.47 Å². The minimum Gasteiger partial charge on any atom is -0.379 e. The molecule has 0 radical (unpaired) electrons. The van der Waals surface area contributed by atoms with Crippen LogP contribution in [0.25, 0.3) is 0 Å². The third-order valence-corrected chi connectivity index (χ3v) is 5.91. The Labute approximate surface area is 208 Å². The summed E-state index contributed by atoms with van der Waals surface area (Å²) in [5.74, 6) is 0.828. The van der Waals surface area contributed by atoms with E-state index in [1.165, 1.54) is 5.56 Å². The van der Waals surface area contributed by atoms with Gasteiger partial charge in [0.2, 0.25) is 0 Å². The molecule has 1 aromatic rings. The molecular formula is C22H37ClIN5O2. The first-order valence-electron chi connectivity index (χ1n) is 10.8. The second-order valence-electron chi connectivity index (χ2n) is 8.48. The van der Waals surface area contributed by atoms with Gasteiger partial charge in [0.25, 0.3) is 0 Å². The van der Waals surface area contributed by atoms with Crippen LogP contribution >= 0.6 is 35.6 Å². The van der Waals surface area contributed by atoms with Crippen molar-refractivity contribution in [1.29, 1.82) is 0 Å². The van der Waals surface area contributed by atoms with Gasteiger partial charge in [0.15, 0.2) is 5.96 Å². The van der Waals surface area contributed by atoms with Gasteiger partial charge in [-0.2, -0.15) is 0 Å². The van der Waals surface area contributed by atoms with E-state index in [0.717, 1.165) is 76.6 Å². The number of morpholine rings is 2. The number of rotatable bonds is 7. The number of halogens is 2. The third-order valence-electron chi connectivity index (χ3n) is 5.66. The van der Waals surface area contributed by atoms with Crippen molar-refractivity contribution < 1.29 is 9.47 Å². The Kier molecular flexibility index (Phi) is 11.3. The minimum atomic E-state index is -0.152. The first kappa shape index (κ1) is 26.6. The molecule has 31 heavy (non-hydrogen) atoms. The Bertz CT molecular complexity index is 683. The maximum Gasteiger partial charge on any atom is 0.191 e. The summed E-state index contributed by atoms with van der Waals surface area (Å²) in [6, 6.07) is 8.37. The molecule has 3 rings (SSSR count). The standard InChI is InChI=1S/C22H36ClN5O2.HI/c1-22(2)17-28(12-15-30-22)20(18-4-6-19(23)7-5-18)16-26-21(24-3)25-8-9-27-10-13-29-14-11-27;/h4-7,20H,8-17H2,1-3H3,(H2,24,25,26);1H. The van der Waals surface area contributed by atoms with Crippen LogP contribution < -0.4 is 10.6 Å². The molecular weight excluding hydrogens is 529 g/mol. The predicted molar refractivity (Wildman–Crippen MR) is 138 cm³/mol. The molecule has 2 fully saturated rings. The van der Waals surface area contributed by atoms with E-state index >= 15 is 0 Å². The fraction of sp³-hybridized carbons (Fsp3) is 0.682. The molecule has 2 aliphatic rings. The second kappa shape index (κ2) is 13.2.